The molecule has 0 aliphatic heterocycles. The normalized spacial score (nSPS) is 10.8. The van der Waals surface area contributed by atoms with Gasteiger partial charge in [-0.25, -0.2) is 13.2 Å². The van der Waals surface area contributed by atoms with Crippen LogP contribution in [-0.2, 0) is 10.0 Å². The maximum atomic E-state index is 12.5. The van der Waals surface area contributed by atoms with Crippen molar-refractivity contribution in [2.75, 3.05) is 15.4 Å². The third-order valence-electron chi connectivity index (χ3n) is 4.07. The van der Waals surface area contributed by atoms with Crippen LogP contribution in [0.5, 0.6) is 0 Å². The van der Waals surface area contributed by atoms with Crippen molar-refractivity contribution >= 4 is 44.5 Å². The molecular formula is C19H15N5O7S. The highest BCUT2D eigenvalue weighted by Crippen LogP contribution is 2.22. The number of nitro benzene ring substituents is 2. The number of hydrogen-bond donors (Lipinski definition) is 3. The Morgan fingerprint density at radius 1 is 0.719 bits per heavy atom. The van der Waals surface area contributed by atoms with Crippen LogP contribution in [0.2, 0.25) is 0 Å². The molecular weight excluding hydrogens is 442 g/mol. The van der Waals surface area contributed by atoms with E-state index in [1.54, 1.807) is 0 Å². The van der Waals surface area contributed by atoms with Gasteiger partial charge in [0.25, 0.3) is 21.4 Å². The van der Waals surface area contributed by atoms with Crippen LogP contribution in [0.4, 0.5) is 33.2 Å². The van der Waals surface area contributed by atoms with Crippen LogP contribution in [-0.4, -0.2) is 24.3 Å². The monoisotopic (exact) mass is 457 g/mol. The van der Waals surface area contributed by atoms with Gasteiger partial charge in [0.15, 0.2) is 0 Å². The molecule has 0 radical (unpaired) electrons. The van der Waals surface area contributed by atoms with Gasteiger partial charge in [0.2, 0.25) is 0 Å². The number of amides is 2. The zero-order valence-electron chi connectivity index (χ0n) is 16.1. The highest BCUT2D eigenvalue weighted by atomic mass is 32.2. The highest BCUT2D eigenvalue weighted by molar-refractivity contribution is 7.92. The maximum absolute atomic E-state index is 12.5. The second-order valence-corrected chi connectivity index (χ2v) is 8.00. The Hall–Kier alpha value is -4.52. The molecule has 0 spiro atoms. The molecule has 3 N–H and O–H groups in total. The average Bonchev–Trinajstić information content (AvgIpc) is 2.74. The Morgan fingerprint density at radius 3 is 1.78 bits per heavy atom. The van der Waals surface area contributed by atoms with E-state index in [2.05, 4.69) is 15.4 Å². The first kappa shape index (κ1) is 22.2. The largest absolute Gasteiger partial charge is 0.323 e. The van der Waals surface area contributed by atoms with Crippen LogP contribution in [0.1, 0.15) is 0 Å². The fourth-order valence-corrected chi connectivity index (χ4v) is 3.62. The number of hydrogen-bond acceptors (Lipinski definition) is 7. The Morgan fingerprint density at radius 2 is 1.25 bits per heavy atom. The quantitative estimate of drug-likeness (QED) is 0.355. The van der Waals surface area contributed by atoms with E-state index in [1.165, 1.54) is 66.7 Å². The van der Waals surface area contributed by atoms with E-state index in [0.29, 0.717) is 11.4 Å². The summed E-state index contributed by atoms with van der Waals surface area (Å²) in [5, 5.41) is 26.5. The summed E-state index contributed by atoms with van der Waals surface area (Å²) in [5.74, 6) is 0. The Bertz CT molecular complexity index is 1280. The Kier molecular flexibility index (Phi) is 6.30. The van der Waals surface area contributed by atoms with E-state index in [1.807, 2.05) is 0 Å². The number of nitrogens with zero attached hydrogens (tertiary/aromatic N) is 2. The molecule has 0 heterocycles. The van der Waals surface area contributed by atoms with E-state index in [4.69, 9.17) is 0 Å². The number of nitro groups is 2. The van der Waals surface area contributed by atoms with E-state index in [-0.39, 0.29) is 22.0 Å². The van der Waals surface area contributed by atoms with Gasteiger partial charge in [-0.1, -0.05) is 6.07 Å². The summed E-state index contributed by atoms with van der Waals surface area (Å²) >= 11 is 0. The number of carbonyl (C=O) groups is 1. The van der Waals surface area contributed by atoms with Crippen molar-refractivity contribution in [3.63, 3.8) is 0 Å². The standard InChI is InChI=1S/C19H15N5O7S/c25-19(20-13-4-8-16(9-5-13)23(26)27)21-14-6-10-18(11-7-14)32(30,31)22-15-2-1-3-17(12-15)24(28)29/h1-12,22H,(H2,20,21,25). The fourth-order valence-electron chi connectivity index (χ4n) is 2.57. The van der Waals surface area contributed by atoms with Crippen molar-refractivity contribution in [3.05, 3.63) is 93.0 Å². The molecule has 13 heteroatoms. The predicted octanol–water partition coefficient (Wildman–Crippen LogP) is 3.95. The lowest BCUT2D eigenvalue weighted by atomic mass is 10.3. The van der Waals surface area contributed by atoms with Crippen molar-refractivity contribution in [3.8, 4) is 0 Å². The molecule has 0 aliphatic rings. The third-order valence-corrected chi connectivity index (χ3v) is 5.46. The van der Waals surface area contributed by atoms with Gasteiger partial charge in [0, 0.05) is 35.6 Å². The van der Waals surface area contributed by atoms with Crippen molar-refractivity contribution in [1.29, 1.82) is 0 Å². The Balaban J connectivity index is 1.64. The molecule has 2 amide bonds. The molecule has 164 valence electrons. The molecule has 0 unspecified atom stereocenters. The lowest BCUT2D eigenvalue weighted by molar-refractivity contribution is -0.385. The number of anilines is 3. The second kappa shape index (κ2) is 9.09. The summed E-state index contributed by atoms with van der Waals surface area (Å²) in [6.07, 6.45) is 0. The molecule has 0 fully saturated rings. The van der Waals surface area contributed by atoms with Crippen molar-refractivity contribution in [2.24, 2.45) is 0 Å². The van der Waals surface area contributed by atoms with Gasteiger partial charge in [-0.05, 0) is 42.5 Å². The third kappa shape index (κ3) is 5.54. The maximum Gasteiger partial charge on any atom is 0.323 e. The topological polar surface area (TPSA) is 174 Å². The van der Waals surface area contributed by atoms with Crippen LogP contribution in [0.15, 0.2) is 77.7 Å². The average molecular weight is 457 g/mol. The molecule has 12 nitrogen and oxygen atoms in total. The zero-order valence-corrected chi connectivity index (χ0v) is 16.9. The lowest BCUT2D eigenvalue weighted by Crippen LogP contribution is -2.19. The number of benzene rings is 3. The van der Waals surface area contributed by atoms with E-state index in [0.717, 1.165) is 6.07 Å². The van der Waals surface area contributed by atoms with Crippen LogP contribution in [0.3, 0.4) is 0 Å². The molecule has 0 bridgehead atoms. The zero-order chi connectivity index (χ0) is 23.3. The summed E-state index contributed by atoms with van der Waals surface area (Å²) < 4.78 is 27.3. The molecule has 3 aromatic carbocycles. The van der Waals surface area contributed by atoms with Crippen LogP contribution in [0.25, 0.3) is 0 Å². The molecule has 0 saturated heterocycles. The number of rotatable bonds is 7. The van der Waals surface area contributed by atoms with Gasteiger partial charge < -0.3 is 10.6 Å². The van der Waals surface area contributed by atoms with Crippen molar-refractivity contribution in [1.82, 2.24) is 0 Å². The minimum absolute atomic E-state index is 0.0314. The molecule has 0 aromatic heterocycles. The first-order valence-corrected chi connectivity index (χ1v) is 10.3. The number of nitrogens with one attached hydrogen (secondary N) is 3. The van der Waals surface area contributed by atoms with Crippen LogP contribution in [0, 0.1) is 20.2 Å². The molecule has 0 atom stereocenters. The predicted molar refractivity (Wildman–Crippen MR) is 116 cm³/mol. The highest BCUT2D eigenvalue weighted by Gasteiger charge is 2.16. The van der Waals surface area contributed by atoms with E-state index in [9.17, 15) is 33.4 Å². The molecule has 3 rings (SSSR count). The van der Waals surface area contributed by atoms with Gasteiger partial charge in [0.1, 0.15) is 0 Å². The van der Waals surface area contributed by atoms with Crippen LogP contribution >= 0.6 is 0 Å². The van der Waals surface area contributed by atoms with Crippen molar-refractivity contribution < 1.29 is 23.1 Å². The molecule has 0 aliphatic carbocycles. The summed E-state index contributed by atoms with van der Waals surface area (Å²) in [7, 11) is -4.02. The Labute approximate surface area is 181 Å². The molecule has 3 aromatic rings. The summed E-state index contributed by atoms with van der Waals surface area (Å²) in [4.78, 5) is 32.2. The van der Waals surface area contributed by atoms with E-state index >= 15 is 0 Å². The summed E-state index contributed by atoms with van der Waals surface area (Å²) in [5.41, 5.74) is 0.270. The smallest absolute Gasteiger partial charge is 0.308 e. The SMILES string of the molecule is O=C(Nc1ccc([N+](=O)[O-])cc1)Nc1ccc(S(=O)(=O)Nc2cccc([N+](=O)[O-])c2)cc1. The molecule has 32 heavy (non-hydrogen) atoms. The number of non-ortho nitro benzene ring substituents is 2. The van der Waals surface area contributed by atoms with Crippen molar-refractivity contribution in [2.45, 2.75) is 4.90 Å². The number of sulfonamides is 1. The lowest BCUT2D eigenvalue weighted by Gasteiger charge is -2.10. The number of urea groups is 1. The second-order valence-electron chi connectivity index (χ2n) is 6.32. The minimum atomic E-state index is -4.02. The van der Waals surface area contributed by atoms with Gasteiger partial charge >= 0.3 is 6.03 Å². The minimum Gasteiger partial charge on any atom is -0.308 e. The first-order chi connectivity index (χ1) is 15.1. The summed E-state index contributed by atoms with van der Waals surface area (Å²) in [6, 6.07) is 14.9. The fraction of sp³-hybridized carbons (Fsp3) is 0. The van der Waals surface area contributed by atoms with E-state index < -0.39 is 25.9 Å². The van der Waals surface area contributed by atoms with Gasteiger partial charge in [0.05, 0.1) is 20.4 Å². The summed E-state index contributed by atoms with van der Waals surface area (Å²) in [6.45, 7) is 0. The van der Waals surface area contributed by atoms with Gasteiger partial charge in [-0.2, -0.15) is 0 Å². The molecule has 0 saturated carbocycles. The van der Waals surface area contributed by atoms with Gasteiger partial charge in [-0.3, -0.25) is 25.0 Å². The van der Waals surface area contributed by atoms with Crippen LogP contribution < -0.4 is 15.4 Å². The number of carbonyl (C=O) groups excluding carboxylic acids is 1. The van der Waals surface area contributed by atoms with Gasteiger partial charge in [-0.15, -0.1) is 0 Å². The first-order valence-electron chi connectivity index (χ1n) is 8.84.